The van der Waals surface area contributed by atoms with Crippen LogP contribution in [0.2, 0.25) is 0 Å². The van der Waals surface area contributed by atoms with Crippen LogP contribution in [0.15, 0.2) is 36.4 Å². The molecule has 0 saturated heterocycles. The van der Waals surface area contributed by atoms with Crippen molar-refractivity contribution in [2.24, 2.45) is 0 Å². The fraction of sp³-hybridized carbons (Fsp3) is 0.364. The number of hydrogen-bond acceptors (Lipinski definition) is 2. The van der Waals surface area contributed by atoms with Crippen LogP contribution < -0.4 is 9.47 Å². The molecule has 0 spiro atoms. The maximum absolute atomic E-state index is 6.25. The van der Waals surface area contributed by atoms with Gasteiger partial charge < -0.3 is 9.47 Å². The van der Waals surface area contributed by atoms with Crippen molar-refractivity contribution in [1.82, 2.24) is 0 Å². The van der Waals surface area contributed by atoms with Gasteiger partial charge in [0, 0.05) is 23.1 Å². The normalized spacial score (nSPS) is 15.4. The second kappa shape index (κ2) is 6.35. The highest BCUT2D eigenvalue weighted by molar-refractivity contribution is 5.71. The standard InChI is InChI=1S/C22H26O2/c1-6-10-18-15(2)20(23-14-17-11-8-7-9-12-17)16(3)19-13-22(4,5)24-21(18)19/h6-12H,13-14H2,1-5H3. The van der Waals surface area contributed by atoms with Gasteiger partial charge in [-0.3, -0.25) is 0 Å². The van der Waals surface area contributed by atoms with Crippen molar-refractivity contribution in [2.75, 3.05) is 0 Å². The lowest BCUT2D eigenvalue weighted by molar-refractivity contribution is 0.138. The van der Waals surface area contributed by atoms with Gasteiger partial charge in [-0.1, -0.05) is 42.5 Å². The summed E-state index contributed by atoms with van der Waals surface area (Å²) in [5.41, 5.74) is 5.80. The molecule has 0 aliphatic carbocycles. The summed E-state index contributed by atoms with van der Waals surface area (Å²) in [6, 6.07) is 10.3. The molecule has 1 aliphatic heterocycles. The summed E-state index contributed by atoms with van der Waals surface area (Å²) in [6.07, 6.45) is 5.11. The third-order valence-corrected chi connectivity index (χ3v) is 4.60. The van der Waals surface area contributed by atoms with Crippen LogP contribution in [0.3, 0.4) is 0 Å². The number of hydrogen-bond donors (Lipinski definition) is 0. The van der Waals surface area contributed by atoms with Gasteiger partial charge in [0.05, 0.1) is 0 Å². The topological polar surface area (TPSA) is 18.5 Å². The molecule has 0 unspecified atom stereocenters. The number of ether oxygens (including phenoxy) is 2. The molecule has 24 heavy (non-hydrogen) atoms. The maximum Gasteiger partial charge on any atom is 0.131 e. The minimum absolute atomic E-state index is 0.159. The van der Waals surface area contributed by atoms with Crippen LogP contribution in [0.1, 0.15) is 48.6 Å². The SMILES string of the molecule is CC=Cc1c(C)c(OCc2ccccc2)c(C)c2c1OC(C)(C)C2. The van der Waals surface area contributed by atoms with E-state index in [0.29, 0.717) is 6.61 Å². The van der Waals surface area contributed by atoms with Crippen molar-refractivity contribution in [3.05, 3.63) is 64.2 Å². The van der Waals surface area contributed by atoms with Gasteiger partial charge in [-0.2, -0.15) is 0 Å². The Balaban J connectivity index is 2.02. The molecule has 2 aromatic rings. The molecule has 0 amide bonds. The second-order valence-electron chi connectivity index (χ2n) is 7.11. The van der Waals surface area contributed by atoms with Gasteiger partial charge in [0.15, 0.2) is 0 Å². The average molecular weight is 322 g/mol. The lowest BCUT2D eigenvalue weighted by Gasteiger charge is -2.19. The Morgan fingerprint density at radius 2 is 1.83 bits per heavy atom. The highest BCUT2D eigenvalue weighted by Gasteiger charge is 2.35. The van der Waals surface area contributed by atoms with E-state index < -0.39 is 0 Å². The number of rotatable bonds is 4. The van der Waals surface area contributed by atoms with Crippen molar-refractivity contribution in [3.8, 4) is 11.5 Å². The van der Waals surface area contributed by atoms with Crippen LogP contribution >= 0.6 is 0 Å². The quantitative estimate of drug-likeness (QED) is 0.726. The molecular formula is C22H26O2. The number of allylic oxidation sites excluding steroid dienone is 1. The predicted octanol–water partition coefficient (Wildman–Crippen LogP) is 5.63. The Bertz CT molecular complexity index is 771. The highest BCUT2D eigenvalue weighted by Crippen LogP contribution is 2.46. The summed E-state index contributed by atoms with van der Waals surface area (Å²) >= 11 is 0. The molecule has 2 aromatic carbocycles. The van der Waals surface area contributed by atoms with Crippen molar-refractivity contribution < 1.29 is 9.47 Å². The highest BCUT2D eigenvalue weighted by atomic mass is 16.5. The molecule has 126 valence electrons. The fourth-order valence-electron chi connectivity index (χ4n) is 3.42. The summed E-state index contributed by atoms with van der Waals surface area (Å²) in [7, 11) is 0. The van der Waals surface area contributed by atoms with Crippen molar-refractivity contribution in [3.63, 3.8) is 0 Å². The van der Waals surface area contributed by atoms with Gasteiger partial charge in [0.1, 0.15) is 23.7 Å². The van der Waals surface area contributed by atoms with E-state index in [2.05, 4.69) is 52.0 Å². The Morgan fingerprint density at radius 3 is 2.50 bits per heavy atom. The molecular weight excluding hydrogens is 296 g/mol. The van der Waals surface area contributed by atoms with Crippen LogP contribution in [-0.4, -0.2) is 5.60 Å². The first-order valence-corrected chi connectivity index (χ1v) is 8.57. The Morgan fingerprint density at radius 1 is 1.12 bits per heavy atom. The van der Waals surface area contributed by atoms with E-state index in [-0.39, 0.29) is 5.60 Å². The van der Waals surface area contributed by atoms with Gasteiger partial charge >= 0.3 is 0 Å². The smallest absolute Gasteiger partial charge is 0.131 e. The molecule has 3 rings (SSSR count). The molecule has 0 N–H and O–H groups in total. The summed E-state index contributed by atoms with van der Waals surface area (Å²) < 4.78 is 12.5. The summed E-state index contributed by atoms with van der Waals surface area (Å²) in [6.45, 7) is 11.2. The summed E-state index contributed by atoms with van der Waals surface area (Å²) in [4.78, 5) is 0. The zero-order valence-corrected chi connectivity index (χ0v) is 15.3. The minimum atomic E-state index is -0.159. The van der Waals surface area contributed by atoms with E-state index in [1.807, 2.05) is 25.1 Å². The Kier molecular flexibility index (Phi) is 4.40. The van der Waals surface area contributed by atoms with Crippen molar-refractivity contribution in [2.45, 2.75) is 53.2 Å². The first-order valence-electron chi connectivity index (χ1n) is 8.57. The summed E-state index contributed by atoms with van der Waals surface area (Å²) in [5, 5.41) is 0. The van der Waals surface area contributed by atoms with E-state index >= 15 is 0 Å². The first kappa shape index (κ1) is 16.6. The van der Waals surface area contributed by atoms with Gasteiger partial charge in [0.25, 0.3) is 0 Å². The molecule has 0 fully saturated rings. The lowest BCUT2D eigenvalue weighted by Crippen LogP contribution is -2.24. The Hall–Kier alpha value is -2.22. The van der Waals surface area contributed by atoms with Crippen LogP contribution in [0, 0.1) is 13.8 Å². The molecule has 0 saturated carbocycles. The van der Waals surface area contributed by atoms with Crippen molar-refractivity contribution in [1.29, 1.82) is 0 Å². The van der Waals surface area contributed by atoms with Crippen LogP contribution in [0.4, 0.5) is 0 Å². The first-order chi connectivity index (χ1) is 11.4. The van der Waals surface area contributed by atoms with Crippen LogP contribution in [0.5, 0.6) is 11.5 Å². The zero-order chi connectivity index (χ0) is 17.3. The third kappa shape index (κ3) is 3.06. The predicted molar refractivity (Wildman–Crippen MR) is 99.8 cm³/mol. The maximum atomic E-state index is 6.25. The average Bonchev–Trinajstić information content (AvgIpc) is 2.88. The van der Waals surface area contributed by atoms with E-state index in [9.17, 15) is 0 Å². The molecule has 2 heteroatoms. The molecule has 1 aliphatic rings. The van der Waals surface area contributed by atoms with Gasteiger partial charge in [-0.05, 0) is 45.7 Å². The molecule has 0 radical (unpaired) electrons. The van der Waals surface area contributed by atoms with E-state index in [0.717, 1.165) is 29.0 Å². The third-order valence-electron chi connectivity index (χ3n) is 4.60. The van der Waals surface area contributed by atoms with Crippen LogP contribution in [-0.2, 0) is 13.0 Å². The number of benzene rings is 2. The van der Waals surface area contributed by atoms with Gasteiger partial charge in [0.2, 0.25) is 0 Å². The van der Waals surface area contributed by atoms with E-state index in [1.165, 1.54) is 16.7 Å². The van der Waals surface area contributed by atoms with E-state index in [4.69, 9.17) is 9.47 Å². The molecule has 1 heterocycles. The molecule has 0 atom stereocenters. The van der Waals surface area contributed by atoms with Gasteiger partial charge in [-0.25, -0.2) is 0 Å². The zero-order valence-electron chi connectivity index (χ0n) is 15.3. The van der Waals surface area contributed by atoms with Gasteiger partial charge in [-0.15, -0.1) is 0 Å². The lowest BCUT2D eigenvalue weighted by atomic mass is 9.92. The molecule has 2 nitrogen and oxygen atoms in total. The van der Waals surface area contributed by atoms with Crippen molar-refractivity contribution >= 4 is 6.08 Å². The van der Waals surface area contributed by atoms with E-state index in [1.54, 1.807) is 0 Å². The summed E-state index contributed by atoms with van der Waals surface area (Å²) in [5.74, 6) is 2.02. The molecule has 0 bridgehead atoms. The van der Waals surface area contributed by atoms with Crippen LogP contribution in [0.25, 0.3) is 6.08 Å². The monoisotopic (exact) mass is 322 g/mol. The largest absolute Gasteiger partial charge is 0.488 e. The fourth-order valence-corrected chi connectivity index (χ4v) is 3.42. The Labute approximate surface area is 145 Å². The second-order valence-corrected chi connectivity index (χ2v) is 7.11. The molecule has 0 aromatic heterocycles. The minimum Gasteiger partial charge on any atom is -0.488 e. The number of fused-ring (bicyclic) bond motifs is 1.